The average molecular weight is 541 g/mol. The lowest BCUT2D eigenvalue weighted by molar-refractivity contribution is -0.150. The summed E-state index contributed by atoms with van der Waals surface area (Å²) in [7, 11) is 1.12. The lowest BCUT2D eigenvalue weighted by Gasteiger charge is -2.27. The van der Waals surface area contributed by atoms with Gasteiger partial charge >= 0.3 is 18.5 Å². The highest BCUT2D eigenvalue weighted by Crippen LogP contribution is 2.39. The van der Waals surface area contributed by atoms with Crippen LogP contribution in [0.1, 0.15) is 21.7 Å². The zero-order chi connectivity index (χ0) is 27.8. The number of rotatable bonds is 5. The molecule has 0 aliphatic rings. The van der Waals surface area contributed by atoms with Gasteiger partial charge in [0.25, 0.3) is 5.91 Å². The number of halogens is 10. The van der Waals surface area contributed by atoms with Crippen molar-refractivity contribution in [2.24, 2.45) is 0 Å². The Morgan fingerprint density at radius 1 is 0.892 bits per heavy atom. The predicted molar refractivity (Wildman–Crippen MR) is 108 cm³/mol. The van der Waals surface area contributed by atoms with Crippen LogP contribution in [0.2, 0.25) is 0 Å². The number of alkyl halides is 9. The summed E-state index contributed by atoms with van der Waals surface area (Å²) in [5.74, 6) is -2.82. The van der Waals surface area contributed by atoms with Crippen molar-refractivity contribution in [3.63, 3.8) is 0 Å². The van der Waals surface area contributed by atoms with Gasteiger partial charge in [-0.1, -0.05) is 0 Å². The molecule has 0 atom stereocenters. The standard InChI is InChI=1S/C22H13F10N3O2/c1-37-16-8-12(23)2-3-14(16)13-4-5-33-9-15(13)35(10-20(24,25)26)19(36)11-6-17(21(27,28)29)34-18(7-11)22(30,31)32/h2-9H,10H2,1H3. The number of methoxy groups -OCH3 is 1. The van der Waals surface area contributed by atoms with Gasteiger partial charge in [-0.15, -0.1) is 0 Å². The Bertz CT molecular complexity index is 1270. The summed E-state index contributed by atoms with van der Waals surface area (Å²) in [6, 6.07) is 3.83. The minimum atomic E-state index is -5.45. The largest absolute Gasteiger partial charge is 0.496 e. The van der Waals surface area contributed by atoms with Gasteiger partial charge in [-0.2, -0.15) is 39.5 Å². The van der Waals surface area contributed by atoms with Crippen LogP contribution in [0.4, 0.5) is 49.6 Å². The number of ether oxygens (including phenoxy) is 1. The first-order valence-corrected chi connectivity index (χ1v) is 9.84. The van der Waals surface area contributed by atoms with Crippen molar-refractivity contribution >= 4 is 11.6 Å². The molecule has 5 nitrogen and oxygen atoms in total. The van der Waals surface area contributed by atoms with Crippen molar-refractivity contribution in [3.8, 4) is 16.9 Å². The maximum absolute atomic E-state index is 13.7. The van der Waals surface area contributed by atoms with Gasteiger partial charge in [-0.05, 0) is 30.3 Å². The number of aromatic nitrogens is 2. The second-order valence-corrected chi connectivity index (χ2v) is 7.37. The second kappa shape index (κ2) is 9.86. The van der Waals surface area contributed by atoms with E-state index in [4.69, 9.17) is 4.74 Å². The third-order valence-electron chi connectivity index (χ3n) is 4.78. The van der Waals surface area contributed by atoms with Crippen molar-refractivity contribution in [2.45, 2.75) is 18.5 Å². The van der Waals surface area contributed by atoms with E-state index in [1.807, 2.05) is 0 Å². The number of hydrogen-bond acceptors (Lipinski definition) is 4. The van der Waals surface area contributed by atoms with Gasteiger partial charge in [0.15, 0.2) is 0 Å². The molecule has 37 heavy (non-hydrogen) atoms. The molecule has 0 aliphatic heterocycles. The Hall–Kier alpha value is -3.91. The summed E-state index contributed by atoms with van der Waals surface area (Å²) in [6.07, 6.45) is -14.2. The van der Waals surface area contributed by atoms with E-state index in [2.05, 4.69) is 9.97 Å². The van der Waals surface area contributed by atoms with E-state index in [-0.39, 0.29) is 33.9 Å². The number of nitrogens with zero attached hydrogens (tertiary/aromatic N) is 3. The topological polar surface area (TPSA) is 55.3 Å². The first kappa shape index (κ1) is 27.7. The van der Waals surface area contributed by atoms with Crippen LogP contribution >= 0.6 is 0 Å². The maximum atomic E-state index is 13.7. The van der Waals surface area contributed by atoms with E-state index < -0.39 is 59.4 Å². The minimum absolute atomic E-state index is 0.0389. The van der Waals surface area contributed by atoms with Gasteiger partial charge in [0.1, 0.15) is 29.5 Å². The summed E-state index contributed by atoms with van der Waals surface area (Å²) in [5, 5.41) is 0. The first-order valence-electron chi connectivity index (χ1n) is 9.84. The van der Waals surface area contributed by atoms with Crippen LogP contribution in [0.15, 0.2) is 48.8 Å². The third-order valence-corrected chi connectivity index (χ3v) is 4.78. The third kappa shape index (κ3) is 6.46. The van der Waals surface area contributed by atoms with Crippen molar-refractivity contribution < 1.29 is 53.4 Å². The average Bonchev–Trinajstić information content (AvgIpc) is 2.80. The fourth-order valence-corrected chi connectivity index (χ4v) is 3.26. The highest BCUT2D eigenvalue weighted by atomic mass is 19.4. The monoisotopic (exact) mass is 541 g/mol. The fourth-order valence-electron chi connectivity index (χ4n) is 3.26. The van der Waals surface area contributed by atoms with Crippen molar-refractivity contribution in [1.29, 1.82) is 0 Å². The molecule has 0 spiro atoms. The molecule has 0 radical (unpaired) electrons. The van der Waals surface area contributed by atoms with Crippen LogP contribution in [-0.4, -0.2) is 35.7 Å². The van der Waals surface area contributed by atoms with Crippen LogP contribution in [0.5, 0.6) is 5.75 Å². The molecule has 0 unspecified atom stereocenters. The van der Waals surface area contributed by atoms with Gasteiger partial charge in [0.2, 0.25) is 0 Å². The van der Waals surface area contributed by atoms with E-state index in [9.17, 15) is 48.7 Å². The molecule has 198 valence electrons. The van der Waals surface area contributed by atoms with Crippen molar-refractivity contribution in [1.82, 2.24) is 9.97 Å². The fraction of sp³-hybridized carbons (Fsp3) is 0.227. The maximum Gasteiger partial charge on any atom is 0.433 e. The molecule has 2 aromatic heterocycles. The molecule has 0 saturated heterocycles. The predicted octanol–water partition coefficient (Wildman–Crippen LogP) is 6.54. The molecule has 0 saturated carbocycles. The molecule has 3 aromatic rings. The number of carbonyl (C=O) groups is 1. The molecule has 1 amide bonds. The van der Waals surface area contributed by atoms with E-state index in [1.165, 1.54) is 0 Å². The smallest absolute Gasteiger partial charge is 0.433 e. The molecule has 2 heterocycles. The molecular weight excluding hydrogens is 528 g/mol. The molecule has 1 aromatic carbocycles. The highest BCUT2D eigenvalue weighted by molar-refractivity contribution is 6.08. The van der Waals surface area contributed by atoms with E-state index in [0.717, 1.165) is 43.8 Å². The second-order valence-electron chi connectivity index (χ2n) is 7.37. The first-order chi connectivity index (χ1) is 17.0. The lowest BCUT2D eigenvalue weighted by atomic mass is 10.0. The minimum Gasteiger partial charge on any atom is -0.496 e. The number of hydrogen-bond donors (Lipinski definition) is 0. The zero-order valence-corrected chi connectivity index (χ0v) is 18.3. The molecular formula is C22H13F10N3O2. The molecule has 0 N–H and O–H groups in total. The van der Waals surface area contributed by atoms with Crippen molar-refractivity contribution in [2.75, 3.05) is 18.6 Å². The van der Waals surface area contributed by atoms with Gasteiger partial charge in [0.05, 0.1) is 19.0 Å². The molecule has 15 heteroatoms. The van der Waals surface area contributed by atoms with Crippen LogP contribution in [0, 0.1) is 5.82 Å². The number of amides is 1. The van der Waals surface area contributed by atoms with Crippen LogP contribution in [-0.2, 0) is 12.4 Å². The van der Waals surface area contributed by atoms with Crippen LogP contribution < -0.4 is 9.64 Å². The van der Waals surface area contributed by atoms with E-state index in [0.29, 0.717) is 0 Å². The Kier molecular flexibility index (Phi) is 7.37. The number of benzene rings is 1. The Labute approximate surface area is 201 Å². The zero-order valence-electron chi connectivity index (χ0n) is 18.3. The van der Waals surface area contributed by atoms with E-state index >= 15 is 0 Å². The van der Waals surface area contributed by atoms with Crippen LogP contribution in [0.3, 0.4) is 0 Å². The van der Waals surface area contributed by atoms with Gasteiger partial charge < -0.3 is 4.74 Å². The number of carbonyl (C=O) groups excluding carboxylic acids is 1. The molecule has 0 fully saturated rings. The lowest BCUT2D eigenvalue weighted by Crippen LogP contribution is -2.40. The summed E-state index contributed by atoms with van der Waals surface area (Å²) >= 11 is 0. The van der Waals surface area contributed by atoms with Crippen LogP contribution in [0.25, 0.3) is 11.1 Å². The SMILES string of the molecule is COc1cc(F)ccc1-c1ccncc1N(CC(F)(F)F)C(=O)c1cc(C(F)(F)F)nc(C(F)(F)F)c1. The Balaban J connectivity index is 2.26. The van der Waals surface area contributed by atoms with Gasteiger partial charge in [-0.3, -0.25) is 14.7 Å². The summed E-state index contributed by atoms with van der Waals surface area (Å²) < 4.78 is 138. The molecule has 0 aliphatic carbocycles. The molecule has 3 rings (SSSR count). The number of anilines is 1. The van der Waals surface area contributed by atoms with E-state index in [1.54, 1.807) is 0 Å². The normalized spacial score (nSPS) is 12.4. The quantitative estimate of drug-likeness (QED) is 0.345. The number of pyridine rings is 2. The van der Waals surface area contributed by atoms with Gasteiger partial charge in [0, 0.05) is 29.0 Å². The van der Waals surface area contributed by atoms with Crippen molar-refractivity contribution in [3.05, 3.63) is 71.6 Å². The summed E-state index contributed by atoms with van der Waals surface area (Å²) in [4.78, 5) is 19.1. The Morgan fingerprint density at radius 2 is 1.49 bits per heavy atom. The summed E-state index contributed by atoms with van der Waals surface area (Å²) in [5.41, 5.74) is -6.52. The van der Waals surface area contributed by atoms with Gasteiger partial charge in [-0.25, -0.2) is 9.37 Å². The summed E-state index contributed by atoms with van der Waals surface area (Å²) in [6.45, 7) is -2.11. The highest BCUT2D eigenvalue weighted by Gasteiger charge is 2.41. The molecule has 0 bridgehead atoms. The Morgan fingerprint density at radius 3 is 2.00 bits per heavy atom.